The van der Waals surface area contributed by atoms with Crippen molar-refractivity contribution in [1.82, 2.24) is 15.1 Å². The second-order valence-corrected chi connectivity index (χ2v) is 5.39. The van der Waals surface area contributed by atoms with E-state index in [1.165, 1.54) is 5.56 Å². The highest BCUT2D eigenvalue weighted by Crippen LogP contribution is 2.28. The number of carbonyl (C=O) groups excluding carboxylic acids is 1. The number of nitrogens with one attached hydrogen (secondary N) is 1. The number of fused-ring (bicyclic) bond motifs is 1. The molecule has 1 aromatic heterocycles. The Morgan fingerprint density at radius 1 is 1.44 bits per heavy atom. The van der Waals surface area contributed by atoms with Gasteiger partial charge in [-0.2, -0.15) is 5.10 Å². The molecule has 1 aliphatic heterocycles. The standard InChI is InChI=1S/C12H19N3O/c1-5-9-8-6-15(7-10(8)14-13-9)11(16)12(2,3)4/h5-7H2,1-4H3,(H,13,14). The minimum atomic E-state index is -0.302. The molecule has 0 unspecified atom stereocenters. The molecule has 1 N–H and O–H groups in total. The first-order valence-corrected chi connectivity index (χ1v) is 5.78. The number of aromatic nitrogens is 2. The number of amides is 1. The number of aromatic amines is 1. The molecule has 16 heavy (non-hydrogen) atoms. The molecule has 0 aliphatic carbocycles. The van der Waals surface area contributed by atoms with Crippen LogP contribution in [0.4, 0.5) is 0 Å². The SMILES string of the molecule is CCc1n[nH]c2c1CN(C(=O)C(C)(C)C)C2. The van der Waals surface area contributed by atoms with E-state index in [-0.39, 0.29) is 11.3 Å². The minimum Gasteiger partial charge on any atom is -0.332 e. The van der Waals surface area contributed by atoms with Crippen molar-refractivity contribution < 1.29 is 4.79 Å². The molecule has 1 aromatic rings. The predicted octanol–water partition coefficient (Wildman–Crippen LogP) is 1.86. The quantitative estimate of drug-likeness (QED) is 0.787. The number of rotatable bonds is 1. The highest BCUT2D eigenvalue weighted by Gasteiger charge is 2.33. The highest BCUT2D eigenvalue weighted by molar-refractivity contribution is 5.82. The Morgan fingerprint density at radius 3 is 2.69 bits per heavy atom. The first-order chi connectivity index (χ1) is 7.43. The average molecular weight is 221 g/mol. The molecule has 2 heterocycles. The van der Waals surface area contributed by atoms with E-state index in [9.17, 15) is 4.79 Å². The van der Waals surface area contributed by atoms with E-state index in [1.54, 1.807) is 0 Å². The highest BCUT2D eigenvalue weighted by atomic mass is 16.2. The smallest absolute Gasteiger partial charge is 0.228 e. The van der Waals surface area contributed by atoms with Crippen LogP contribution in [0.1, 0.15) is 44.6 Å². The number of hydrogen-bond acceptors (Lipinski definition) is 2. The Hall–Kier alpha value is -1.32. The number of carbonyl (C=O) groups is 1. The van der Waals surface area contributed by atoms with Crippen LogP contribution in [0, 0.1) is 5.41 Å². The summed E-state index contributed by atoms with van der Waals surface area (Å²) < 4.78 is 0. The summed E-state index contributed by atoms with van der Waals surface area (Å²) in [5.74, 6) is 0.208. The van der Waals surface area contributed by atoms with Crippen LogP contribution < -0.4 is 0 Å². The van der Waals surface area contributed by atoms with Crippen LogP contribution in [0.3, 0.4) is 0 Å². The van der Waals surface area contributed by atoms with E-state index in [4.69, 9.17) is 0 Å². The molecule has 0 atom stereocenters. The summed E-state index contributed by atoms with van der Waals surface area (Å²) in [4.78, 5) is 14.0. The van der Waals surface area contributed by atoms with Gasteiger partial charge in [0.25, 0.3) is 0 Å². The summed E-state index contributed by atoms with van der Waals surface area (Å²) in [7, 11) is 0. The molecule has 0 radical (unpaired) electrons. The molecule has 4 nitrogen and oxygen atoms in total. The summed E-state index contributed by atoms with van der Waals surface area (Å²) in [6, 6.07) is 0. The third kappa shape index (κ3) is 1.72. The van der Waals surface area contributed by atoms with Crippen LogP contribution in [-0.4, -0.2) is 21.0 Å². The molecule has 1 aliphatic rings. The monoisotopic (exact) mass is 221 g/mol. The van der Waals surface area contributed by atoms with E-state index in [0.717, 1.165) is 17.8 Å². The van der Waals surface area contributed by atoms with Crippen molar-refractivity contribution in [3.8, 4) is 0 Å². The minimum absolute atomic E-state index is 0.208. The van der Waals surface area contributed by atoms with Gasteiger partial charge in [-0.05, 0) is 6.42 Å². The fourth-order valence-electron chi connectivity index (χ4n) is 2.11. The van der Waals surface area contributed by atoms with Crippen LogP contribution in [-0.2, 0) is 24.3 Å². The zero-order chi connectivity index (χ0) is 11.9. The van der Waals surface area contributed by atoms with Crippen molar-refractivity contribution in [1.29, 1.82) is 0 Å². The third-order valence-electron chi connectivity index (χ3n) is 3.00. The molecule has 0 saturated carbocycles. The van der Waals surface area contributed by atoms with Crippen LogP contribution in [0.25, 0.3) is 0 Å². The summed E-state index contributed by atoms with van der Waals surface area (Å²) in [5.41, 5.74) is 3.12. The van der Waals surface area contributed by atoms with Gasteiger partial charge in [-0.3, -0.25) is 9.89 Å². The zero-order valence-corrected chi connectivity index (χ0v) is 10.4. The van der Waals surface area contributed by atoms with Gasteiger partial charge in [0.1, 0.15) is 0 Å². The maximum Gasteiger partial charge on any atom is 0.228 e. The van der Waals surface area contributed by atoms with Gasteiger partial charge in [-0.25, -0.2) is 0 Å². The Kier molecular flexibility index (Phi) is 2.52. The number of nitrogens with zero attached hydrogens (tertiary/aromatic N) is 2. The van der Waals surface area contributed by atoms with Crippen molar-refractivity contribution >= 4 is 5.91 Å². The first kappa shape index (κ1) is 11.2. The van der Waals surface area contributed by atoms with Gasteiger partial charge in [0, 0.05) is 17.5 Å². The molecule has 2 rings (SSSR count). The fourth-order valence-corrected chi connectivity index (χ4v) is 2.11. The molecule has 4 heteroatoms. The Balaban J connectivity index is 2.17. The summed E-state index contributed by atoms with van der Waals surface area (Å²) in [6.45, 7) is 9.36. The van der Waals surface area contributed by atoms with Crippen molar-refractivity contribution in [3.63, 3.8) is 0 Å². The Morgan fingerprint density at radius 2 is 2.12 bits per heavy atom. The molecule has 0 aromatic carbocycles. The van der Waals surface area contributed by atoms with E-state index < -0.39 is 0 Å². The first-order valence-electron chi connectivity index (χ1n) is 5.78. The molecule has 88 valence electrons. The van der Waals surface area contributed by atoms with E-state index in [1.807, 2.05) is 25.7 Å². The fraction of sp³-hybridized carbons (Fsp3) is 0.667. The van der Waals surface area contributed by atoms with E-state index in [0.29, 0.717) is 13.1 Å². The topological polar surface area (TPSA) is 49.0 Å². The van der Waals surface area contributed by atoms with Gasteiger partial charge in [-0.1, -0.05) is 27.7 Å². The summed E-state index contributed by atoms with van der Waals surface area (Å²) in [6.07, 6.45) is 0.920. The number of H-pyrrole nitrogens is 1. The van der Waals surface area contributed by atoms with Gasteiger partial charge >= 0.3 is 0 Å². The lowest BCUT2D eigenvalue weighted by atomic mass is 9.95. The summed E-state index contributed by atoms with van der Waals surface area (Å²) in [5, 5.41) is 7.28. The van der Waals surface area contributed by atoms with Crippen molar-refractivity contribution in [2.45, 2.75) is 47.2 Å². The van der Waals surface area contributed by atoms with Gasteiger partial charge < -0.3 is 4.90 Å². The molecule has 0 spiro atoms. The lowest BCUT2D eigenvalue weighted by Gasteiger charge is -2.25. The number of aryl methyl sites for hydroxylation is 1. The summed E-state index contributed by atoms with van der Waals surface area (Å²) >= 11 is 0. The molecule has 1 amide bonds. The van der Waals surface area contributed by atoms with Crippen LogP contribution in [0.2, 0.25) is 0 Å². The molecular formula is C12H19N3O. The maximum atomic E-state index is 12.1. The average Bonchev–Trinajstić information content (AvgIpc) is 2.73. The van der Waals surface area contributed by atoms with E-state index >= 15 is 0 Å². The molecule has 0 bridgehead atoms. The molecule has 0 fully saturated rings. The van der Waals surface area contributed by atoms with Crippen molar-refractivity contribution in [2.24, 2.45) is 5.41 Å². The van der Waals surface area contributed by atoms with Gasteiger partial charge in [0.05, 0.1) is 17.9 Å². The van der Waals surface area contributed by atoms with E-state index in [2.05, 4.69) is 17.1 Å². The Bertz CT molecular complexity index is 414. The normalized spacial score (nSPS) is 15.4. The molecular weight excluding hydrogens is 202 g/mol. The zero-order valence-electron chi connectivity index (χ0n) is 10.4. The lowest BCUT2D eigenvalue weighted by Crippen LogP contribution is -2.36. The number of hydrogen-bond donors (Lipinski definition) is 1. The second-order valence-electron chi connectivity index (χ2n) is 5.39. The van der Waals surface area contributed by atoms with Crippen LogP contribution in [0.5, 0.6) is 0 Å². The second kappa shape index (κ2) is 3.61. The third-order valence-corrected chi connectivity index (χ3v) is 3.00. The van der Waals surface area contributed by atoms with Crippen LogP contribution in [0.15, 0.2) is 0 Å². The van der Waals surface area contributed by atoms with Gasteiger partial charge in [0.15, 0.2) is 0 Å². The van der Waals surface area contributed by atoms with Gasteiger partial charge in [-0.15, -0.1) is 0 Å². The van der Waals surface area contributed by atoms with Crippen LogP contribution >= 0.6 is 0 Å². The lowest BCUT2D eigenvalue weighted by molar-refractivity contribution is -0.140. The predicted molar refractivity (Wildman–Crippen MR) is 61.7 cm³/mol. The molecule has 0 saturated heterocycles. The Labute approximate surface area is 96.0 Å². The largest absolute Gasteiger partial charge is 0.332 e. The van der Waals surface area contributed by atoms with Crippen molar-refractivity contribution in [2.75, 3.05) is 0 Å². The van der Waals surface area contributed by atoms with Crippen molar-refractivity contribution in [3.05, 3.63) is 17.0 Å². The van der Waals surface area contributed by atoms with Gasteiger partial charge in [0.2, 0.25) is 5.91 Å². The maximum absolute atomic E-state index is 12.1.